The van der Waals surface area contributed by atoms with E-state index in [1.165, 1.54) is 0 Å². The lowest BCUT2D eigenvalue weighted by molar-refractivity contribution is 0.0569. The number of thiazole rings is 1. The lowest BCUT2D eigenvalue weighted by atomic mass is 10.0. The molecule has 0 aliphatic carbocycles. The first-order valence-corrected chi connectivity index (χ1v) is 8.75. The second-order valence-corrected chi connectivity index (χ2v) is 6.73. The van der Waals surface area contributed by atoms with E-state index < -0.39 is 0 Å². The lowest BCUT2D eigenvalue weighted by Gasteiger charge is -2.33. The van der Waals surface area contributed by atoms with Crippen LogP contribution < -0.4 is 0 Å². The lowest BCUT2D eigenvalue weighted by Crippen LogP contribution is -2.38. The first-order chi connectivity index (χ1) is 10.7. The highest BCUT2D eigenvalue weighted by Crippen LogP contribution is 2.33. The Bertz CT molecular complexity index is 623. The Balaban J connectivity index is 1.81. The average molecular weight is 319 g/mol. The van der Waals surface area contributed by atoms with Crippen LogP contribution in [-0.4, -0.2) is 27.5 Å². The number of hydrogen-bond donors (Lipinski definition) is 0. The zero-order valence-electron chi connectivity index (χ0n) is 13.0. The topological polar surface area (TPSA) is 59.2 Å². The predicted molar refractivity (Wildman–Crippen MR) is 85.0 cm³/mol. The second kappa shape index (κ2) is 6.60. The van der Waals surface area contributed by atoms with Crippen molar-refractivity contribution in [3.63, 3.8) is 0 Å². The third kappa shape index (κ3) is 2.92. The number of hydrogen-bond acceptors (Lipinski definition) is 5. The summed E-state index contributed by atoms with van der Waals surface area (Å²) in [5, 5.41) is 7.02. The molecule has 2 atom stereocenters. The van der Waals surface area contributed by atoms with Gasteiger partial charge in [0.25, 0.3) is 5.91 Å². The highest BCUT2D eigenvalue weighted by atomic mass is 32.1. The van der Waals surface area contributed by atoms with E-state index in [9.17, 15) is 4.79 Å². The van der Waals surface area contributed by atoms with Gasteiger partial charge in [-0.15, -0.1) is 11.3 Å². The van der Waals surface area contributed by atoms with E-state index in [0.29, 0.717) is 11.7 Å². The van der Waals surface area contributed by atoms with Gasteiger partial charge in [0.15, 0.2) is 0 Å². The van der Waals surface area contributed by atoms with E-state index in [1.54, 1.807) is 23.6 Å². The minimum absolute atomic E-state index is 0.0676. The van der Waals surface area contributed by atoms with Crippen molar-refractivity contribution in [2.75, 3.05) is 6.54 Å². The Morgan fingerprint density at radius 3 is 3.14 bits per heavy atom. The molecule has 0 saturated carbocycles. The molecule has 6 heteroatoms. The predicted octanol–water partition coefficient (Wildman–Crippen LogP) is 4.01. The standard InChI is InChI=1S/C16H21N3O2S/c1-3-11(2)12-10-14(21-18-12)16(20)19-8-5-4-6-13(19)15-17-7-9-22-15/h7,9-11,13H,3-6,8H2,1-2H3/t11-,13+/m0/s1. The van der Waals surface area contributed by atoms with Crippen LogP contribution in [0.4, 0.5) is 0 Å². The van der Waals surface area contributed by atoms with Gasteiger partial charge in [-0.05, 0) is 25.7 Å². The summed E-state index contributed by atoms with van der Waals surface area (Å²) in [4.78, 5) is 19.1. The molecule has 3 rings (SSSR count). The number of likely N-dealkylation sites (tertiary alicyclic amines) is 1. The summed E-state index contributed by atoms with van der Waals surface area (Å²) in [7, 11) is 0. The molecule has 118 valence electrons. The van der Waals surface area contributed by atoms with Gasteiger partial charge in [0.05, 0.1) is 11.7 Å². The number of rotatable bonds is 4. The molecule has 2 aromatic heterocycles. The number of nitrogens with zero attached hydrogens (tertiary/aromatic N) is 3. The zero-order valence-corrected chi connectivity index (χ0v) is 13.8. The van der Waals surface area contributed by atoms with Gasteiger partial charge in [0.2, 0.25) is 5.76 Å². The Morgan fingerprint density at radius 2 is 2.41 bits per heavy atom. The number of aromatic nitrogens is 2. The normalized spacial score (nSPS) is 20.1. The van der Waals surface area contributed by atoms with Gasteiger partial charge in [0.1, 0.15) is 5.01 Å². The maximum Gasteiger partial charge on any atom is 0.293 e. The number of carbonyl (C=O) groups is 1. The van der Waals surface area contributed by atoms with Crippen LogP contribution in [0.2, 0.25) is 0 Å². The molecule has 1 aliphatic rings. The Kier molecular flexibility index (Phi) is 4.57. The molecular formula is C16H21N3O2S. The van der Waals surface area contributed by atoms with Gasteiger partial charge in [-0.1, -0.05) is 19.0 Å². The third-order valence-electron chi connectivity index (χ3n) is 4.36. The van der Waals surface area contributed by atoms with Gasteiger partial charge in [-0.25, -0.2) is 4.98 Å². The van der Waals surface area contributed by atoms with Crippen LogP contribution in [-0.2, 0) is 0 Å². The molecule has 1 saturated heterocycles. The summed E-state index contributed by atoms with van der Waals surface area (Å²) in [6.07, 6.45) is 5.90. The fourth-order valence-corrected chi connectivity index (χ4v) is 3.59. The number of piperidine rings is 1. The fourth-order valence-electron chi connectivity index (χ4n) is 2.80. The molecule has 22 heavy (non-hydrogen) atoms. The third-order valence-corrected chi connectivity index (χ3v) is 5.23. The molecule has 1 aliphatic heterocycles. The van der Waals surface area contributed by atoms with Crippen molar-refractivity contribution < 1.29 is 9.32 Å². The maximum absolute atomic E-state index is 12.8. The van der Waals surface area contributed by atoms with Crippen molar-refractivity contribution >= 4 is 17.2 Å². The van der Waals surface area contributed by atoms with Crippen molar-refractivity contribution in [2.45, 2.75) is 51.5 Å². The first kappa shape index (κ1) is 15.2. The second-order valence-electron chi connectivity index (χ2n) is 5.81. The smallest absolute Gasteiger partial charge is 0.293 e. The zero-order chi connectivity index (χ0) is 15.5. The van der Waals surface area contributed by atoms with E-state index in [2.05, 4.69) is 24.0 Å². The molecule has 0 N–H and O–H groups in total. The molecular weight excluding hydrogens is 298 g/mol. The highest BCUT2D eigenvalue weighted by molar-refractivity contribution is 7.09. The number of amides is 1. The average Bonchev–Trinajstić information content (AvgIpc) is 3.25. The van der Waals surface area contributed by atoms with Crippen molar-refractivity contribution in [1.29, 1.82) is 0 Å². The highest BCUT2D eigenvalue weighted by Gasteiger charge is 2.32. The van der Waals surface area contributed by atoms with E-state index in [1.807, 2.05) is 10.3 Å². The molecule has 1 fully saturated rings. The Labute approximate surface area is 134 Å². The summed E-state index contributed by atoms with van der Waals surface area (Å²) in [6.45, 7) is 4.94. The molecule has 0 spiro atoms. The fraction of sp³-hybridized carbons (Fsp3) is 0.562. The van der Waals surface area contributed by atoms with Gasteiger partial charge < -0.3 is 9.42 Å². The van der Waals surface area contributed by atoms with E-state index in [4.69, 9.17) is 4.52 Å². The Hall–Kier alpha value is -1.69. The van der Waals surface area contributed by atoms with Crippen molar-refractivity contribution in [3.05, 3.63) is 34.1 Å². The first-order valence-electron chi connectivity index (χ1n) is 7.87. The molecule has 5 nitrogen and oxygen atoms in total. The summed E-state index contributed by atoms with van der Waals surface area (Å²) in [6, 6.07) is 1.86. The quantitative estimate of drug-likeness (QED) is 0.854. The summed E-state index contributed by atoms with van der Waals surface area (Å²) >= 11 is 1.61. The van der Waals surface area contributed by atoms with Crippen LogP contribution in [0.3, 0.4) is 0 Å². The monoisotopic (exact) mass is 319 g/mol. The van der Waals surface area contributed by atoms with E-state index in [-0.39, 0.29) is 11.9 Å². The maximum atomic E-state index is 12.8. The minimum Gasteiger partial charge on any atom is -0.351 e. The van der Waals surface area contributed by atoms with Gasteiger partial charge in [0, 0.05) is 30.1 Å². The van der Waals surface area contributed by atoms with E-state index in [0.717, 1.165) is 42.9 Å². The minimum atomic E-state index is -0.0676. The van der Waals surface area contributed by atoms with Gasteiger partial charge >= 0.3 is 0 Å². The van der Waals surface area contributed by atoms with E-state index >= 15 is 0 Å². The van der Waals surface area contributed by atoms with Crippen LogP contribution in [0.5, 0.6) is 0 Å². The van der Waals surface area contributed by atoms with Crippen molar-refractivity contribution in [1.82, 2.24) is 15.0 Å². The largest absolute Gasteiger partial charge is 0.351 e. The number of carbonyl (C=O) groups excluding carboxylic acids is 1. The molecule has 0 bridgehead atoms. The summed E-state index contributed by atoms with van der Waals surface area (Å²) in [5.74, 6) is 0.585. The summed E-state index contributed by atoms with van der Waals surface area (Å²) < 4.78 is 5.31. The molecule has 2 aromatic rings. The van der Waals surface area contributed by atoms with Gasteiger partial charge in [-0.2, -0.15) is 0 Å². The van der Waals surface area contributed by atoms with Crippen LogP contribution in [0, 0.1) is 0 Å². The van der Waals surface area contributed by atoms with Crippen LogP contribution in [0.1, 0.15) is 72.7 Å². The molecule has 0 aromatic carbocycles. The molecule has 3 heterocycles. The van der Waals surface area contributed by atoms with Crippen LogP contribution in [0.15, 0.2) is 22.2 Å². The van der Waals surface area contributed by atoms with Gasteiger partial charge in [-0.3, -0.25) is 4.79 Å². The SMILES string of the molecule is CC[C@H](C)c1cc(C(=O)N2CCCC[C@@H]2c2nccs2)on1. The molecule has 1 amide bonds. The van der Waals surface area contributed by atoms with Crippen molar-refractivity contribution in [3.8, 4) is 0 Å². The van der Waals surface area contributed by atoms with Crippen LogP contribution >= 0.6 is 11.3 Å². The molecule has 0 unspecified atom stereocenters. The molecule has 0 radical (unpaired) electrons. The van der Waals surface area contributed by atoms with Crippen molar-refractivity contribution in [2.24, 2.45) is 0 Å². The Morgan fingerprint density at radius 1 is 1.55 bits per heavy atom. The summed E-state index contributed by atoms with van der Waals surface area (Å²) in [5.41, 5.74) is 0.855. The van der Waals surface area contributed by atoms with Crippen LogP contribution in [0.25, 0.3) is 0 Å².